The minimum atomic E-state index is 0.100. The molecule has 1 N–H and O–H groups in total. The Bertz CT molecular complexity index is 649. The van der Waals surface area contributed by atoms with Crippen LogP contribution in [-0.2, 0) is 11.3 Å². The summed E-state index contributed by atoms with van der Waals surface area (Å²) in [7, 11) is 0. The van der Waals surface area contributed by atoms with Gasteiger partial charge in [0.2, 0.25) is 5.91 Å². The van der Waals surface area contributed by atoms with Crippen LogP contribution < -0.4 is 5.32 Å². The van der Waals surface area contributed by atoms with E-state index < -0.39 is 0 Å². The van der Waals surface area contributed by atoms with E-state index >= 15 is 0 Å². The highest BCUT2D eigenvalue weighted by molar-refractivity contribution is 5.92. The number of pyridine rings is 1. The van der Waals surface area contributed by atoms with Gasteiger partial charge in [-0.3, -0.25) is 14.7 Å². The van der Waals surface area contributed by atoms with Gasteiger partial charge in [-0.25, -0.2) is 0 Å². The molecule has 0 atom stereocenters. The van der Waals surface area contributed by atoms with Crippen molar-refractivity contribution in [3.8, 4) is 0 Å². The number of likely N-dealkylation sites (tertiary alicyclic amines) is 1. The van der Waals surface area contributed by atoms with Crippen LogP contribution in [0, 0.1) is 12.8 Å². The smallest absolute Gasteiger partial charge is 0.227 e. The predicted octanol–water partition coefficient (Wildman–Crippen LogP) is 3.24. The summed E-state index contributed by atoms with van der Waals surface area (Å²) in [6, 6.07) is 12.2. The van der Waals surface area contributed by atoms with Crippen LogP contribution in [0.2, 0.25) is 0 Å². The molecule has 1 aliphatic heterocycles. The van der Waals surface area contributed by atoms with Gasteiger partial charge in [-0.2, -0.15) is 0 Å². The molecule has 4 heteroatoms. The Labute approximate surface area is 137 Å². The Morgan fingerprint density at radius 2 is 2.00 bits per heavy atom. The Morgan fingerprint density at radius 3 is 2.70 bits per heavy atom. The minimum Gasteiger partial charge on any atom is -0.324 e. The summed E-state index contributed by atoms with van der Waals surface area (Å²) in [6.45, 7) is 5.08. The van der Waals surface area contributed by atoms with E-state index in [0.29, 0.717) is 0 Å². The van der Waals surface area contributed by atoms with Gasteiger partial charge in [0.1, 0.15) is 0 Å². The van der Waals surface area contributed by atoms with Crippen molar-refractivity contribution in [3.05, 3.63) is 59.9 Å². The fourth-order valence-corrected chi connectivity index (χ4v) is 3.06. The van der Waals surface area contributed by atoms with E-state index in [-0.39, 0.29) is 11.8 Å². The molecule has 1 aliphatic rings. The molecule has 1 saturated heterocycles. The molecule has 2 heterocycles. The molecule has 4 nitrogen and oxygen atoms in total. The molecule has 0 unspecified atom stereocenters. The van der Waals surface area contributed by atoms with Crippen molar-refractivity contribution in [2.75, 3.05) is 18.4 Å². The number of anilines is 1. The average molecular weight is 309 g/mol. The third-order valence-corrected chi connectivity index (χ3v) is 4.54. The van der Waals surface area contributed by atoms with Gasteiger partial charge in [0, 0.05) is 18.7 Å². The first-order chi connectivity index (χ1) is 11.2. The number of hydrogen-bond donors (Lipinski definition) is 1. The molecule has 1 fully saturated rings. The summed E-state index contributed by atoms with van der Waals surface area (Å²) in [5.74, 6) is 0.219. The van der Waals surface area contributed by atoms with Gasteiger partial charge in [-0.05, 0) is 56.1 Å². The molecule has 120 valence electrons. The first-order valence-corrected chi connectivity index (χ1v) is 8.20. The number of benzene rings is 1. The van der Waals surface area contributed by atoms with Crippen molar-refractivity contribution in [2.45, 2.75) is 26.3 Å². The van der Waals surface area contributed by atoms with E-state index in [1.807, 2.05) is 12.1 Å². The topological polar surface area (TPSA) is 45.2 Å². The van der Waals surface area contributed by atoms with Crippen molar-refractivity contribution >= 4 is 11.6 Å². The molecule has 0 saturated carbocycles. The molecule has 0 aliphatic carbocycles. The first-order valence-electron chi connectivity index (χ1n) is 8.20. The highest BCUT2D eigenvalue weighted by Crippen LogP contribution is 2.21. The maximum atomic E-state index is 12.3. The van der Waals surface area contributed by atoms with Crippen molar-refractivity contribution in [1.29, 1.82) is 0 Å². The molecule has 0 bridgehead atoms. The predicted molar refractivity (Wildman–Crippen MR) is 92.0 cm³/mol. The van der Waals surface area contributed by atoms with E-state index in [4.69, 9.17) is 0 Å². The number of aryl methyl sites for hydroxylation is 1. The normalized spacial score (nSPS) is 16.2. The van der Waals surface area contributed by atoms with Crippen LogP contribution >= 0.6 is 0 Å². The zero-order chi connectivity index (χ0) is 16.1. The van der Waals surface area contributed by atoms with E-state index in [2.05, 4.69) is 46.4 Å². The summed E-state index contributed by atoms with van der Waals surface area (Å²) in [5.41, 5.74) is 3.49. The lowest BCUT2D eigenvalue weighted by molar-refractivity contribution is -0.121. The van der Waals surface area contributed by atoms with Crippen molar-refractivity contribution in [1.82, 2.24) is 9.88 Å². The van der Waals surface area contributed by atoms with E-state index in [9.17, 15) is 4.79 Å². The number of aromatic nitrogens is 1. The molecule has 1 amide bonds. The number of rotatable bonds is 4. The van der Waals surface area contributed by atoms with E-state index in [1.165, 1.54) is 11.1 Å². The van der Waals surface area contributed by atoms with Crippen LogP contribution in [-0.4, -0.2) is 28.9 Å². The van der Waals surface area contributed by atoms with Gasteiger partial charge in [0.25, 0.3) is 0 Å². The van der Waals surface area contributed by atoms with Crippen LogP contribution in [0.5, 0.6) is 0 Å². The Hall–Kier alpha value is -2.20. The molecule has 23 heavy (non-hydrogen) atoms. The van der Waals surface area contributed by atoms with Gasteiger partial charge in [-0.1, -0.05) is 24.3 Å². The van der Waals surface area contributed by atoms with Crippen molar-refractivity contribution < 1.29 is 4.79 Å². The summed E-state index contributed by atoms with van der Waals surface area (Å²) in [5, 5.41) is 2.97. The lowest BCUT2D eigenvalue weighted by Crippen LogP contribution is -2.37. The second kappa shape index (κ2) is 7.38. The maximum Gasteiger partial charge on any atom is 0.227 e. The SMILES string of the molecule is Cc1ccccc1CN1CCC(C(=O)Nc2cccnc2)CC1. The fourth-order valence-electron chi connectivity index (χ4n) is 3.06. The van der Waals surface area contributed by atoms with Crippen molar-refractivity contribution in [3.63, 3.8) is 0 Å². The monoisotopic (exact) mass is 309 g/mol. The number of carbonyl (C=O) groups excluding carboxylic acids is 1. The van der Waals surface area contributed by atoms with Crippen LogP contribution in [0.25, 0.3) is 0 Å². The van der Waals surface area contributed by atoms with Crippen molar-refractivity contribution in [2.24, 2.45) is 5.92 Å². The first kappa shape index (κ1) is 15.7. The number of carbonyl (C=O) groups is 1. The number of nitrogens with one attached hydrogen (secondary N) is 1. The second-order valence-corrected chi connectivity index (χ2v) is 6.21. The zero-order valence-electron chi connectivity index (χ0n) is 13.5. The van der Waals surface area contributed by atoms with Gasteiger partial charge in [0.05, 0.1) is 11.9 Å². The quantitative estimate of drug-likeness (QED) is 0.943. The highest BCUT2D eigenvalue weighted by atomic mass is 16.1. The lowest BCUT2D eigenvalue weighted by Gasteiger charge is -2.31. The summed E-state index contributed by atoms with van der Waals surface area (Å²) in [4.78, 5) is 18.8. The van der Waals surface area contributed by atoms with Crippen LogP contribution in [0.4, 0.5) is 5.69 Å². The molecule has 0 radical (unpaired) electrons. The Kier molecular flexibility index (Phi) is 5.03. The third kappa shape index (κ3) is 4.17. The van der Waals surface area contributed by atoms with Crippen LogP contribution in [0.1, 0.15) is 24.0 Å². The number of nitrogens with zero attached hydrogens (tertiary/aromatic N) is 2. The van der Waals surface area contributed by atoms with Gasteiger partial charge in [-0.15, -0.1) is 0 Å². The number of hydrogen-bond acceptors (Lipinski definition) is 3. The molecule has 2 aromatic rings. The number of amides is 1. The molecule has 1 aromatic carbocycles. The Morgan fingerprint density at radius 1 is 1.22 bits per heavy atom. The maximum absolute atomic E-state index is 12.3. The zero-order valence-corrected chi connectivity index (χ0v) is 13.5. The largest absolute Gasteiger partial charge is 0.324 e. The van der Waals surface area contributed by atoms with Gasteiger partial charge in [0.15, 0.2) is 0 Å². The summed E-state index contributed by atoms with van der Waals surface area (Å²) in [6.07, 6.45) is 5.22. The Balaban J connectivity index is 1.50. The summed E-state index contributed by atoms with van der Waals surface area (Å²) < 4.78 is 0. The van der Waals surface area contributed by atoms with E-state index in [0.717, 1.165) is 38.2 Å². The molecule has 0 spiro atoms. The molecular weight excluding hydrogens is 286 g/mol. The molecule has 1 aromatic heterocycles. The van der Waals surface area contributed by atoms with Crippen LogP contribution in [0.3, 0.4) is 0 Å². The third-order valence-electron chi connectivity index (χ3n) is 4.54. The molecular formula is C19H23N3O. The lowest BCUT2D eigenvalue weighted by atomic mass is 9.95. The second-order valence-electron chi connectivity index (χ2n) is 6.21. The average Bonchev–Trinajstić information content (AvgIpc) is 2.58. The van der Waals surface area contributed by atoms with Gasteiger partial charge >= 0.3 is 0 Å². The molecule has 3 rings (SSSR count). The highest BCUT2D eigenvalue weighted by Gasteiger charge is 2.25. The van der Waals surface area contributed by atoms with Crippen LogP contribution in [0.15, 0.2) is 48.8 Å². The van der Waals surface area contributed by atoms with E-state index in [1.54, 1.807) is 12.4 Å². The minimum absolute atomic E-state index is 0.100. The number of piperidine rings is 1. The summed E-state index contributed by atoms with van der Waals surface area (Å²) >= 11 is 0. The standard InChI is InChI=1S/C19H23N3O/c1-15-5-2-3-6-17(15)14-22-11-8-16(9-12-22)19(23)21-18-7-4-10-20-13-18/h2-7,10,13,16H,8-9,11-12,14H2,1H3,(H,21,23). The van der Waals surface area contributed by atoms with Gasteiger partial charge < -0.3 is 5.32 Å². The fraction of sp³-hybridized carbons (Fsp3) is 0.368.